The Bertz CT molecular complexity index is 1050. The van der Waals surface area contributed by atoms with E-state index in [2.05, 4.69) is 4.98 Å². The van der Waals surface area contributed by atoms with Crippen molar-refractivity contribution in [2.24, 2.45) is 5.73 Å². The summed E-state index contributed by atoms with van der Waals surface area (Å²) in [5.74, 6) is -1.82. The van der Waals surface area contributed by atoms with E-state index in [4.69, 9.17) is 5.73 Å². The van der Waals surface area contributed by atoms with E-state index in [0.717, 1.165) is 11.1 Å². The lowest BCUT2D eigenvalue weighted by molar-refractivity contribution is 0.0825. The lowest BCUT2D eigenvalue weighted by atomic mass is 9.98. The van der Waals surface area contributed by atoms with Crippen LogP contribution in [0.1, 0.15) is 31.8 Å². The Morgan fingerprint density at radius 1 is 1.11 bits per heavy atom. The molecule has 0 spiro atoms. The summed E-state index contributed by atoms with van der Waals surface area (Å²) in [6.45, 7) is 0. The zero-order chi connectivity index (χ0) is 19.7. The number of primary amides is 1. The van der Waals surface area contributed by atoms with Gasteiger partial charge in [0.15, 0.2) is 5.75 Å². The van der Waals surface area contributed by atoms with Gasteiger partial charge in [-0.3, -0.25) is 14.6 Å². The van der Waals surface area contributed by atoms with Crippen molar-refractivity contribution in [3.8, 4) is 5.75 Å². The lowest BCUT2D eigenvalue weighted by Crippen LogP contribution is -2.23. The smallest absolute Gasteiger partial charge is 0.257 e. The summed E-state index contributed by atoms with van der Waals surface area (Å²) in [4.78, 5) is 29.7. The molecule has 0 fully saturated rings. The molecule has 0 saturated heterocycles. The van der Waals surface area contributed by atoms with Crippen LogP contribution in [0.25, 0.3) is 10.9 Å². The second kappa shape index (κ2) is 7.03. The fourth-order valence-electron chi connectivity index (χ4n) is 2.86. The van der Waals surface area contributed by atoms with Crippen LogP contribution >= 0.6 is 0 Å². The average molecular weight is 367 g/mol. The molecule has 0 bridgehead atoms. The third kappa shape index (κ3) is 3.57. The largest absolute Gasteiger partial charge is 0.505 e. The van der Waals surface area contributed by atoms with Gasteiger partial charge >= 0.3 is 0 Å². The molecule has 3 N–H and O–H groups in total. The van der Waals surface area contributed by atoms with Gasteiger partial charge in [0.25, 0.3) is 5.91 Å². The van der Waals surface area contributed by atoms with Crippen LogP contribution in [0.5, 0.6) is 5.75 Å². The molecule has 7 heteroatoms. The van der Waals surface area contributed by atoms with Gasteiger partial charge < -0.3 is 15.7 Å². The standard InChI is InChI=1S/C20H18FN3O3/c1-24(2)20(27)16-9-15(19(22)26)14-8-12(10-23-17(14)18(16)25)7-11-3-5-13(21)6-4-11/h3-6,8-10,25H,7H2,1-2H3,(H2,22,26). The van der Waals surface area contributed by atoms with Gasteiger partial charge in [0.2, 0.25) is 5.91 Å². The van der Waals surface area contributed by atoms with E-state index in [1.165, 1.54) is 37.2 Å². The number of hydrogen-bond donors (Lipinski definition) is 2. The van der Waals surface area contributed by atoms with Crippen LogP contribution in [-0.4, -0.2) is 40.9 Å². The van der Waals surface area contributed by atoms with Gasteiger partial charge in [0, 0.05) is 31.2 Å². The van der Waals surface area contributed by atoms with Crippen LogP contribution in [0.2, 0.25) is 0 Å². The Morgan fingerprint density at radius 3 is 2.37 bits per heavy atom. The molecule has 2 aromatic carbocycles. The molecule has 1 heterocycles. The van der Waals surface area contributed by atoms with Crippen molar-refractivity contribution < 1.29 is 19.1 Å². The molecule has 1 aromatic heterocycles. The number of nitrogens with two attached hydrogens (primary N) is 1. The van der Waals surface area contributed by atoms with E-state index in [9.17, 15) is 19.1 Å². The van der Waals surface area contributed by atoms with Gasteiger partial charge in [-0.25, -0.2) is 4.39 Å². The Labute approximate surface area is 155 Å². The molecular formula is C20H18FN3O3. The van der Waals surface area contributed by atoms with Crippen LogP contribution in [-0.2, 0) is 6.42 Å². The fraction of sp³-hybridized carbons (Fsp3) is 0.150. The maximum Gasteiger partial charge on any atom is 0.257 e. The number of pyridine rings is 1. The third-order valence-corrected chi connectivity index (χ3v) is 4.23. The molecular weight excluding hydrogens is 349 g/mol. The monoisotopic (exact) mass is 367 g/mol. The highest BCUT2D eigenvalue weighted by atomic mass is 19.1. The summed E-state index contributed by atoms with van der Waals surface area (Å²) in [6.07, 6.45) is 2.00. The van der Waals surface area contributed by atoms with Crippen molar-refractivity contribution in [3.05, 3.63) is 70.7 Å². The first kappa shape index (κ1) is 18.3. The van der Waals surface area contributed by atoms with Gasteiger partial charge in [-0.1, -0.05) is 12.1 Å². The first-order chi connectivity index (χ1) is 12.8. The molecule has 138 valence electrons. The number of aromatic hydroxyl groups is 1. The van der Waals surface area contributed by atoms with E-state index >= 15 is 0 Å². The van der Waals surface area contributed by atoms with Crippen molar-refractivity contribution in [2.75, 3.05) is 14.1 Å². The Balaban J connectivity index is 2.14. The van der Waals surface area contributed by atoms with E-state index in [1.807, 2.05) is 0 Å². The summed E-state index contributed by atoms with van der Waals surface area (Å²) in [5.41, 5.74) is 7.28. The highest BCUT2D eigenvalue weighted by Gasteiger charge is 2.21. The number of aromatic nitrogens is 1. The number of fused-ring (bicyclic) bond motifs is 1. The molecule has 0 unspecified atom stereocenters. The highest BCUT2D eigenvalue weighted by Crippen LogP contribution is 2.32. The van der Waals surface area contributed by atoms with Crippen LogP contribution < -0.4 is 5.73 Å². The average Bonchev–Trinajstić information content (AvgIpc) is 2.63. The zero-order valence-corrected chi connectivity index (χ0v) is 14.9. The number of hydrogen-bond acceptors (Lipinski definition) is 4. The SMILES string of the molecule is CN(C)C(=O)c1cc(C(N)=O)c2cc(Cc3ccc(F)cc3)cnc2c1O. The summed E-state index contributed by atoms with van der Waals surface area (Å²) in [7, 11) is 3.07. The van der Waals surface area contributed by atoms with Crippen LogP contribution in [0.15, 0.2) is 42.6 Å². The van der Waals surface area contributed by atoms with E-state index in [-0.39, 0.29) is 28.2 Å². The molecule has 0 saturated carbocycles. The maximum absolute atomic E-state index is 13.1. The summed E-state index contributed by atoms with van der Waals surface area (Å²) >= 11 is 0. The van der Waals surface area contributed by atoms with Crippen LogP contribution in [0.4, 0.5) is 4.39 Å². The number of amides is 2. The maximum atomic E-state index is 13.1. The molecule has 0 atom stereocenters. The zero-order valence-electron chi connectivity index (χ0n) is 14.9. The molecule has 0 aliphatic heterocycles. The summed E-state index contributed by atoms with van der Waals surface area (Å²) in [5, 5.41) is 10.8. The molecule has 27 heavy (non-hydrogen) atoms. The van der Waals surface area contributed by atoms with Crippen molar-refractivity contribution in [1.29, 1.82) is 0 Å². The highest BCUT2D eigenvalue weighted by molar-refractivity contribution is 6.12. The van der Waals surface area contributed by atoms with Gasteiger partial charge in [-0.15, -0.1) is 0 Å². The van der Waals surface area contributed by atoms with Crippen molar-refractivity contribution in [2.45, 2.75) is 6.42 Å². The number of benzene rings is 2. The summed E-state index contributed by atoms with van der Waals surface area (Å²) in [6, 6.07) is 9.02. The molecule has 3 rings (SSSR count). The minimum absolute atomic E-state index is 0.0416. The number of nitrogens with zero attached hydrogens (tertiary/aromatic N) is 2. The van der Waals surface area contributed by atoms with Crippen LogP contribution in [0.3, 0.4) is 0 Å². The number of halogens is 1. The third-order valence-electron chi connectivity index (χ3n) is 4.23. The van der Waals surface area contributed by atoms with Crippen molar-refractivity contribution in [1.82, 2.24) is 9.88 Å². The van der Waals surface area contributed by atoms with Crippen LogP contribution in [0, 0.1) is 5.82 Å². The van der Waals surface area contributed by atoms with Gasteiger partial charge in [0.05, 0.1) is 5.56 Å². The number of phenolic OH excluding ortho intramolecular Hbond substituents is 1. The molecule has 6 nitrogen and oxygen atoms in total. The van der Waals surface area contributed by atoms with Gasteiger partial charge in [-0.05, 0) is 41.8 Å². The van der Waals surface area contributed by atoms with Crippen molar-refractivity contribution in [3.63, 3.8) is 0 Å². The second-order valence-electron chi connectivity index (χ2n) is 6.43. The minimum atomic E-state index is -0.728. The quantitative estimate of drug-likeness (QED) is 0.740. The Hall–Kier alpha value is -3.48. The first-order valence-electron chi connectivity index (χ1n) is 8.18. The summed E-state index contributed by atoms with van der Waals surface area (Å²) < 4.78 is 13.1. The number of phenols is 1. The van der Waals surface area contributed by atoms with E-state index < -0.39 is 11.8 Å². The normalized spacial score (nSPS) is 10.8. The lowest BCUT2D eigenvalue weighted by Gasteiger charge is -2.15. The molecule has 0 radical (unpaired) electrons. The predicted octanol–water partition coefficient (Wildman–Crippen LogP) is 2.47. The van der Waals surface area contributed by atoms with E-state index in [0.29, 0.717) is 11.8 Å². The number of rotatable bonds is 4. The fourth-order valence-corrected chi connectivity index (χ4v) is 2.86. The number of carbonyl (C=O) groups is 2. The number of carbonyl (C=O) groups excluding carboxylic acids is 2. The topological polar surface area (TPSA) is 96.5 Å². The Kier molecular flexibility index (Phi) is 4.77. The van der Waals surface area contributed by atoms with Crippen molar-refractivity contribution >= 4 is 22.7 Å². The van der Waals surface area contributed by atoms with Gasteiger partial charge in [0.1, 0.15) is 11.3 Å². The molecule has 3 aromatic rings. The molecule has 0 aliphatic rings. The van der Waals surface area contributed by atoms with Gasteiger partial charge in [-0.2, -0.15) is 0 Å². The minimum Gasteiger partial charge on any atom is -0.505 e. The van der Waals surface area contributed by atoms with E-state index in [1.54, 1.807) is 24.4 Å². The predicted molar refractivity (Wildman–Crippen MR) is 99.1 cm³/mol. The first-order valence-corrected chi connectivity index (χ1v) is 8.18. The molecule has 2 amide bonds. The second-order valence-corrected chi connectivity index (χ2v) is 6.43. The molecule has 0 aliphatic carbocycles. The Morgan fingerprint density at radius 2 is 1.78 bits per heavy atom.